The summed E-state index contributed by atoms with van der Waals surface area (Å²) in [5.74, 6) is -0.497. The highest BCUT2D eigenvalue weighted by Crippen LogP contribution is 2.31. The van der Waals surface area contributed by atoms with Gasteiger partial charge in [-0.25, -0.2) is 4.39 Å². The van der Waals surface area contributed by atoms with Crippen LogP contribution in [0.25, 0.3) is 11.3 Å². The molecule has 0 amide bonds. The molecule has 0 saturated carbocycles. The van der Waals surface area contributed by atoms with Gasteiger partial charge >= 0.3 is 12.2 Å². The molecule has 2 N–H and O–H groups in total. The van der Waals surface area contributed by atoms with Gasteiger partial charge in [0.2, 0.25) is 0 Å². The Kier molecular flexibility index (Phi) is 4.37. The Morgan fingerprint density at radius 2 is 1.76 bits per heavy atom. The van der Waals surface area contributed by atoms with E-state index in [2.05, 4.69) is 9.97 Å². The third kappa shape index (κ3) is 3.88. The standard InChI is InChI=1S/C13H11F4N3O/c14-9-3-1-8(2-4-9)10-7-11(13(15,16)17)20-12(19-10)21-6-5-18/h1-4,7H,5-6,18H2. The van der Waals surface area contributed by atoms with E-state index in [9.17, 15) is 17.6 Å². The fraction of sp³-hybridized carbons (Fsp3) is 0.231. The van der Waals surface area contributed by atoms with Crippen molar-refractivity contribution in [2.24, 2.45) is 5.73 Å². The molecule has 112 valence electrons. The number of nitrogens with zero attached hydrogens (tertiary/aromatic N) is 2. The average Bonchev–Trinajstić information content (AvgIpc) is 2.44. The van der Waals surface area contributed by atoms with Crippen LogP contribution in [0.5, 0.6) is 6.01 Å². The summed E-state index contributed by atoms with van der Waals surface area (Å²) in [6.45, 7) is 0.107. The molecule has 0 fully saturated rings. The molecule has 2 rings (SSSR count). The molecule has 4 nitrogen and oxygen atoms in total. The van der Waals surface area contributed by atoms with Crippen molar-refractivity contribution in [3.63, 3.8) is 0 Å². The van der Waals surface area contributed by atoms with E-state index in [-0.39, 0.29) is 18.8 Å². The second-order valence-electron chi connectivity index (χ2n) is 4.06. The zero-order valence-corrected chi connectivity index (χ0v) is 10.7. The normalized spacial score (nSPS) is 11.5. The second kappa shape index (κ2) is 6.04. The van der Waals surface area contributed by atoms with Gasteiger partial charge in [0.15, 0.2) is 5.69 Å². The molecule has 8 heteroatoms. The number of benzene rings is 1. The molecule has 1 aromatic carbocycles. The van der Waals surface area contributed by atoms with E-state index in [0.29, 0.717) is 5.56 Å². The van der Waals surface area contributed by atoms with Crippen molar-refractivity contribution < 1.29 is 22.3 Å². The minimum atomic E-state index is -4.64. The van der Waals surface area contributed by atoms with Gasteiger partial charge in [-0.05, 0) is 30.3 Å². The molecule has 1 heterocycles. The summed E-state index contributed by atoms with van der Waals surface area (Å²) in [6.07, 6.45) is -4.64. The summed E-state index contributed by atoms with van der Waals surface area (Å²) in [6, 6.07) is 5.27. The van der Waals surface area contributed by atoms with Gasteiger partial charge in [0, 0.05) is 12.1 Å². The van der Waals surface area contributed by atoms with Crippen LogP contribution in [-0.4, -0.2) is 23.1 Å². The molecule has 0 aliphatic heterocycles. The molecule has 0 radical (unpaired) electrons. The maximum absolute atomic E-state index is 12.9. The molecule has 21 heavy (non-hydrogen) atoms. The molecule has 0 atom stereocenters. The maximum Gasteiger partial charge on any atom is 0.433 e. The number of hydrogen-bond donors (Lipinski definition) is 1. The van der Waals surface area contributed by atoms with Crippen LogP contribution in [0.1, 0.15) is 5.69 Å². The molecule has 0 aliphatic rings. The van der Waals surface area contributed by atoms with Crippen molar-refractivity contribution in [3.05, 3.63) is 41.8 Å². The van der Waals surface area contributed by atoms with Gasteiger partial charge in [-0.3, -0.25) is 0 Å². The van der Waals surface area contributed by atoms with E-state index >= 15 is 0 Å². The predicted octanol–water partition coefficient (Wildman–Crippen LogP) is 2.64. The van der Waals surface area contributed by atoms with Crippen molar-refractivity contribution >= 4 is 0 Å². The molecule has 0 unspecified atom stereocenters. The summed E-state index contributed by atoms with van der Waals surface area (Å²) in [4.78, 5) is 7.17. The first-order valence-electron chi connectivity index (χ1n) is 5.95. The summed E-state index contributed by atoms with van der Waals surface area (Å²) < 4.78 is 56.3. The zero-order valence-electron chi connectivity index (χ0n) is 10.7. The lowest BCUT2D eigenvalue weighted by atomic mass is 10.1. The van der Waals surface area contributed by atoms with Gasteiger partial charge < -0.3 is 10.5 Å². The highest BCUT2D eigenvalue weighted by Gasteiger charge is 2.34. The molecule has 2 aromatic rings. The molecular weight excluding hydrogens is 290 g/mol. The number of aromatic nitrogens is 2. The largest absolute Gasteiger partial charge is 0.462 e. The topological polar surface area (TPSA) is 61.0 Å². The molecular formula is C13H11F4N3O. The lowest BCUT2D eigenvalue weighted by Crippen LogP contribution is -2.15. The number of ether oxygens (including phenoxy) is 1. The van der Waals surface area contributed by atoms with Gasteiger partial charge in [0.1, 0.15) is 12.4 Å². The first-order chi connectivity index (χ1) is 9.90. The van der Waals surface area contributed by atoms with E-state index in [1.807, 2.05) is 0 Å². The van der Waals surface area contributed by atoms with E-state index in [0.717, 1.165) is 18.2 Å². The third-order valence-corrected chi connectivity index (χ3v) is 2.49. The molecule has 0 spiro atoms. The van der Waals surface area contributed by atoms with Crippen molar-refractivity contribution in [2.75, 3.05) is 13.2 Å². The van der Waals surface area contributed by atoms with Crippen LogP contribution in [0.3, 0.4) is 0 Å². The number of hydrogen-bond acceptors (Lipinski definition) is 4. The SMILES string of the molecule is NCCOc1nc(-c2ccc(F)cc2)cc(C(F)(F)F)n1. The van der Waals surface area contributed by atoms with Crippen LogP contribution in [0.2, 0.25) is 0 Å². The van der Waals surface area contributed by atoms with Crippen LogP contribution in [0.4, 0.5) is 17.6 Å². The zero-order chi connectivity index (χ0) is 15.5. The molecule has 0 bridgehead atoms. The van der Waals surface area contributed by atoms with Crippen LogP contribution in [0, 0.1) is 5.82 Å². The lowest BCUT2D eigenvalue weighted by Gasteiger charge is -2.11. The minimum absolute atomic E-state index is 0.00975. The quantitative estimate of drug-likeness (QED) is 0.882. The van der Waals surface area contributed by atoms with E-state index in [1.165, 1.54) is 12.1 Å². The Morgan fingerprint density at radius 1 is 1.10 bits per heavy atom. The number of rotatable bonds is 4. The monoisotopic (exact) mass is 301 g/mol. The Hall–Kier alpha value is -2.22. The van der Waals surface area contributed by atoms with Crippen molar-refractivity contribution in [1.29, 1.82) is 0 Å². The van der Waals surface area contributed by atoms with Crippen LogP contribution in [0.15, 0.2) is 30.3 Å². The molecule has 0 saturated heterocycles. The minimum Gasteiger partial charge on any atom is -0.462 e. The highest BCUT2D eigenvalue weighted by molar-refractivity contribution is 5.59. The Bertz CT molecular complexity index is 614. The molecule has 1 aromatic heterocycles. The first kappa shape index (κ1) is 15.2. The maximum atomic E-state index is 12.9. The van der Waals surface area contributed by atoms with Crippen LogP contribution >= 0.6 is 0 Å². The first-order valence-corrected chi connectivity index (χ1v) is 5.95. The summed E-state index contributed by atoms with van der Waals surface area (Å²) in [5.41, 5.74) is 4.40. The molecule has 0 aliphatic carbocycles. The second-order valence-corrected chi connectivity index (χ2v) is 4.06. The Morgan fingerprint density at radius 3 is 2.33 bits per heavy atom. The van der Waals surface area contributed by atoms with E-state index < -0.39 is 23.7 Å². The highest BCUT2D eigenvalue weighted by atomic mass is 19.4. The summed E-state index contributed by atoms with van der Waals surface area (Å²) in [7, 11) is 0. The van der Waals surface area contributed by atoms with Crippen LogP contribution < -0.4 is 10.5 Å². The third-order valence-electron chi connectivity index (χ3n) is 2.49. The van der Waals surface area contributed by atoms with Gasteiger partial charge in [-0.15, -0.1) is 0 Å². The summed E-state index contributed by atoms with van der Waals surface area (Å²) >= 11 is 0. The Balaban J connectivity index is 2.46. The van der Waals surface area contributed by atoms with Crippen molar-refractivity contribution in [2.45, 2.75) is 6.18 Å². The summed E-state index contributed by atoms with van der Waals surface area (Å²) in [5, 5.41) is 0. The van der Waals surface area contributed by atoms with E-state index in [4.69, 9.17) is 10.5 Å². The smallest absolute Gasteiger partial charge is 0.433 e. The lowest BCUT2D eigenvalue weighted by molar-refractivity contribution is -0.141. The fourth-order valence-corrected chi connectivity index (χ4v) is 1.55. The number of halogens is 4. The van der Waals surface area contributed by atoms with Gasteiger partial charge in [-0.1, -0.05) is 0 Å². The number of nitrogens with two attached hydrogens (primary N) is 1. The number of alkyl halides is 3. The van der Waals surface area contributed by atoms with Crippen LogP contribution in [-0.2, 0) is 6.18 Å². The average molecular weight is 301 g/mol. The van der Waals surface area contributed by atoms with Gasteiger partial charge in [-0.2, -0.15) is 23.1 Å². The van der Waals surface area contributed by atoms with E-state index in [1.54, 1.807) is 0 Å². The van der Waals surface area contributed by atoms with Gasteiger partial charge in [0.25, 0.3) is 0 Å². The van der Waals surface area contributed by atoms with Gasteiger partial charge in [0.05, 0.1) is 5.69 Å². The van der Waals surface area contributed by atoms with Crippen molar-refractivity contribution in [3.8, 4) is 17.3 Å². The Labute approximate surface area is 117 Å². The van der Waals surface area contributed by atoms with Crippen molar-refractivity contribution in [1.82, 2.24) is 9.97 Å². The fourth-order valence-electron chi connectivity index (χ4n) is 1.55. The predicted molar refractivity (Wildman–Crippen MR) is 67.0 cm³/mol.